The fraction of sp³-hybridized carbons (Fsp3) is 0.188. The molecule has 0 saturated heterocycles. The van der Waals surface area contributed by atoms with Gasteiger partial charge in [-0.2, -0.15) is 0 Å². The highest BCUT2D eigenvalue weighted by Gasteiger charge is 2.14. The van der Waals surface area contributed by atoms with Crippen molar-refractivity contribution in [1.29, 1.82) is 0 Å². The Morgan fingerprint density at radius 1 is 1.00 bits per heavy atom. The minimum absolute atomic E-state index is 0.293. The number of benzene rings is 2. The number of hydrogen-bond acceptors (Lipinski definition) is 2. The van der Waals surface area contributed by atoms with Gasteiger partial charge in [-0.3, -0.25) is 0 Å². The predicted molar refractivity (Wildman–Crippen MR) is 74.6 cm³/mol. The molecular weight excluding hydrogens is 238 g/mol. The van der Waals surface area contributed by atoms with Crippen molar-refractivity contribution in [1.82, 2.24) is 0 Å². The summed E-state index contributed by atoms with van der Waals surface area (Å²) in [6.45, 7) is 0. The molecule has 0 spiro atoms. The molecule has 2 aromatic rings. The number of rotatable bonds is 5. The average Bonchev–Trinajstić information content (AvgIpc) is 2.45. The number of aryl methyl sites for hydroxylation is 1. The van der Waals surface area contributed by atoms with Crippen LogP contribution in [0.25, 0.3) is 0 Å². The Morgan fingerprint density at radius 2 is 1.58 bits per heavy atom. The summed E-state index contributed by atoms with van der Waals surface area (Å²) in [7, 11) is 0. The van der Waals surface area contributed by atoms with E-state index in [1.54, 1.807) is 0 Å². The zero-order valence-corrected chi connectivity index (χ0v) is 10.7. The number of carbonyl (C=O) groups excluding carboxylic acids is 1. The van der Waals surface area contributed by atoms with E-state index in [1.807, 2.05) is 48.5 Å². The molecule has 1 unspecified atom stereocenters. The number of amides is 1. The Labute approximate surface area is 113 Å². The van der Waals surface area contributed by atoms with Crippen molar-refractivity contribution < 1.29 is 9.53 Å². The van der Waals surface area contributed by atoms with Crippen LogP contribution in [-0.4, -0.2) is 6.09 Å². The van der Waals surface area contributed by atoms with E-state index in [4.69, 9.17) is 10.5 Å². The summed E-state index contributed by atoms with van der Waals surface area (Å²) in [5.74, 6) is 0. The molecule has 98 valence electrons. The average molecular weight is 255 g/mol. The molecule has 0 aromatic heterocycles. The molecule has 0 saturated carbocycles. The first-order valence-electron chi connectivity index (χ1n) is 6.30. The second-order valence-electron chi connectivity index (χ2n) is 4.36. The smallest absolute Gasteiger partial charge is 0.405 e. The summed E-state index contributed by atoms with van der Waals surface area (Å²) in [4.78, 5) is 11.0. The Kier molecular flexibility index (Phi) is 4.56. The molecule has 0 heterocycles. The van der Waals surface area contributed by atoms with Crippen LogP contribution in [-0.2, 0) is 11.2 Å². The van der Waals surface area contributed by atoms with Crippen molar-refractivity contribution >= 4 is 6.09 Å². The lowest BCUT2D eigenvalue weighted by Gasteiger charge is -2.17. The summed E-state index contributed by atoms with van der Waals surface area (Å²) >= 11 is 0. The second-order valence-corrected chi connectivity index (χ2v) is 4.36. The lowest BCUT2D eigenvalue weighted by molar-refractivity contribution is 0.101. The van der Waals surface area contributed by atoms with Gasteiger partial charge in [-0.15, -0.1) is 0 Å². The molecule has 1 amide bonds. The Hall–Kier alpha value is -2.29. The fourth-order valence-corrected chi connectivity index (χ4v) is 2.04. The van der Waals surface area contributed by atoms with E-state index >= 15 is 0 Å². The quantitative estimate of drug-likeness (QED) is 0.889. The largest absolute Gasteiger partial charge is 0.442 e. The van der Waals surface area contributed by atoms with Crippen molar-refractivity contribution in [3.05, 3.63) is 71.8 Å². The lowest BCUT2D eigenvalue weighted by atomic mass is 10.0. The third kappa shape index (κ3) is 4.14. The Bertz CT molecular complexity index is 511. The highest BCUT2D eigenvalue weighted by molar-refractivity contribution is 5.65. The number of primary amides is 1. The minimum Gasteiger partial charge on any atom is -0.442 e. The van der Waals surface area contributed by atoms with Gasteiger partial charge >= 0.3 is 6.09 Å². The van der Waals surface area contributed by atoms with Gasteiger partial charge in [0.05, 0.1) is 0 Å². The Balaban J connectivity index is 2.04. The molecule has 0 bridgehead atoms. The van der Waals surface area contributed by atoms with Crippen LogP contribution in [0, 0.1) is 0 Å². The zero-order valence-electron chi connectivity index (χ0n) is 10.7. The van der Waals surface area contributed by atoms with Crippen LogP contribution in [0.1, 0.15) is 23.7 Å². The predicted octanol–water partition coefficient (Wildman–Crippen LogP) is 3.46. The standard InChI is InChI=1S/C16H17NO2/c17-16(18)19-15(14-9-5-2-6-10-14)12-11-13-7-3-1-4-8-13/h1-10,15H,11-12H2,(H2,17,18). The van der Waals surface area contributed by atoms with Crippen molar-refractivity contribution in [3.63, 3.8) is 0 Å². The molecule has 2 N–H and O–H groups in total. The highest BCUT2D eigenvalue weighted by Crippen LogP contribution is 2.23. The van der Waals surface area contributed by atoms with Crippen LogP contribution in [0.3, 0.4) is 0 Å². The van der Waals surface area contributed by atoms with Gasteiger partial charge in [-0.25, -0.2) is 4.79 Å². The van der Waals surface area contributed by atoms with E-state index < -0.39 is 6.09 Å². The molecule has 0 aliphatic heterocycles. The summed E-state index contributed by atoms with van der Waals surface area (Å²) < 4.78 is 5.20. The maximum absolute atomic E-state index is 11.0. The highest BCUT2D eigenvalue weighted by atomic mass is 16.6. The van der Waals surface area contributed by atoms with E-state index in [-0.39, 0.29) is 6.10 Å². The van der Waals surface area contributed by atoms with Crippen LogP contribution < -0.4 is 5.73 Å². The van der Waals surface area contributed by atoms with Crippen molar-refractivity contribution in [3.8, 4) is 0 Å². The summed E-state index contributed by atoms with van der Waals surface area (Å²) in [5, 5.41) is 0. The molecular formula is C16H17NO2. The summed E-state index contributed by atoms with van der Waals surface area (Å²) in [6, 6.07) is 19.8. The molecule has 0 aliphatic rings. The Morgan fingerprint density at radius 3 is 2.16 bits per heavy atom. The number of hydrogen-bond donors (Lipinski definition) is 1. The van der Waals surface area contributed by atoms with E-state index in [2.05, 4.69) is 12.1 Å². The van der Waals surface area contributed by atoms with Gasteiger partial charge in [0.15, 0.2) is 0 Å². The van der Waals surface area contributed by atoms with E-state index in [0.29, 0.717) is 0 Å². The first-order chi connectivity index (χ1) is 9.25. The molecule has 3 nitrogen and oxygen atoms in total. The zero-order chi connectivity index (χ0) is 13.5. The molecule has 0 aliphatic carbocycles. The van der Waals surface area contributed by atoms with Crippen LogP contribution >= 0.6 is 0 Å². The normalized spacial score (nSPS) is 11.8. The number of nitrogens with two attached hydrogens (primary N) is 1. The molecule has 2 aromatic carbocycles. The van der Waals surface area contributed by atoms with E-state index in [9.17, 15) is 4.79 Å². The van der Waals surface area contributed by atoms with Crippen molar-refractivity contribution in [2.24, 2.45) is 5.73 Å². The van der Waals surface area contributed by atoms with E-state index in [0.717, 1.165) is 18.4 Å². The minimum atomic E-state index is -0.734. The van der Waals surface area contributed by atoms with E-state index in [1.165, 1.54) is 5.56 Å². The summed E-state index contributed by atoms with van der Waals surface area (Å²) in [5.41, 5.74) is 7.33. The van der Waals surface area contributed by atoms with Gasteiger partial charge < -0.3 is 10.5 Å². The van der Waals surface area contributed by atoms with Crippen molar-refractivity contribution in [2.45, 2.75) is 18.9 Å². The maximum Gasteiger partial charge on any atom is 0.405 e. The van der Waals surface area contributed by atoms with Crippen LogP contribution in [0.15, 0.2) is 60.7 Å². The SMILES string of the molecule is NC(=O)OC(CCc1ccccc1)c1ccccc1. The van der Waals surface area contributed by atoms with Crippen molar-refractivity contribution in [2.75, 3.05) is 0 Å². The molecule has 0 radical (unpaired) electrons. The van der Waals surface area contributed by atoms with Gasteiger partial charge in [-0.1, -0.05) is 60.7 Å². The molecule has 0 fully saturated rings. The summed E-state index contributed by atoms with van der Waals surface area (Å²) in [6.07, 6.45) is 0.533. The maximum atomic E-state index is 11.0. The first kappa shape index (κ1) is 13.1. The molecule has 1 atom stereocenters. The molecule has 19 heavy (non-hydrogen) atoms. The fourth-order valence-electron chi connectivity index (χ4n) is 2.04. The van der Waals surface area contributed by atoms with Gasteiger partial charge in [0.25, 0.3) is 0 Å². The van der Waals surface area contributed by atoms with Crippen LogP contribution in [0.5, 0.6) is 0 Å². The monoisotopic (exact) mass is 255 g/mol. The lowest BCUT2D eigenvalue weighted by Crippen LogP contribution is -2.18. The van der Waals surface area contributed by atoms with Gasteiger partial charge in [0, 0.05) is 0 Å². The molecule has 3 heteroatoms. The van der Waals surface area contributed by atoms with Crippen LogP contribution in [0.4, 0.5) is 4.79 Å². The van der Waals surface area contributed by atoms with Crippen LogP contribution in [0.2, 0.25) is 0 Å². The topological polar surface area (TPSA) is 52.3 Å². The number of carbonyl (C=O) groups is 1. The molecule has 2 rings (SSSR count). The number of ether oxygens (including phenoxy) is 1. The third-order valence-electron chi connectivity index (χ3n) is 2.97. The van der Waals surface area contributed by atoms with Gasteiger partial charge in [0.1, 0.15) is 6.10 Å². The second kappa shape index (κ2) is 6.59. The third-order valence-corrected chi connectivity index (χ3v) is 2.97. The first-order valence-corrected chi connectivity index (χ1v) is 6.30. The van der Waals surface area contributed by atoms with Gasteiger partial charge in [0.2, 0.25) is 0 Å². The van der Waals surface area contributed by atoms with Gasteiger partial charge in [-0.05, 0) is 24.0 Å².